The minimum Gasteiger partial charge on any atom is -0.386 e. The topological polar surface area (TPSA) is 364 Å². The number of carbonyl (C=O) groups is 3. The van der Waals surface area contributed by atoms with Crippen LogP contribution in [0.3, 0.4) is 0 Å². The van der Waals surface area contributed by atoms with Crippen molar-refractivity contribution in [1.82, 2.24) is 30.2 Å². The number of imidazole rings is 1. The van der Waals surface area contributed by atoms with Crippen LogP contribution in [0.2, 0.25) is 0 Å². The van der Waals surface area contributed by atoms with Crippen LogP contribution < -0.4 is 16.4 Å². The van der Waals surface area contributed by atoms with E-state index >= 15 is 0 Å². The van der Waals surface area contributed by atoms with Crippen molar-refractivity contribution in [3.63, 3.8) is 0 Å². The molecule has 0 aliphatic carbocycles. The molecule has 1 saturated heterocycles. The highest BCUT2D eigenvalue weighted by molar-refractivity contribution is 8.13. The molecule has 0 spiro atoms. The third-order valence-electron chi connectivity index (χ3n) is 7.87. The summed E-state index contributed by atoms with van der Waals surface area (Å²) in [6.45, 7) is 4.36. The Morgan fingerprint density at radius 1 is 1.07 bits per heavy atom. The Labute approximate surface area is 318 Å². The van der Waals surface area contributed by atoms with Crippen molar-refractivity contribution >= 4 is 69.1 Å². The Balaban J connectivity index is 1.50. The van der Waals surface area contributed by atoms with Crippen LogP contribution in [0.1, 0.15) is 53.2 Å². The molecule has 2 amide bonds. The second kappa shape index (κ2) is 19.8. The van der Waals surface area contributed by atoms with Crippen LogP contribution in [-0.4, -0.2) is 123 Å². The number of rotatable bonds is 22. The number of aromatic nitrogens is 4. The van der Waals surface area contributed by atoms with Crippen molar-refractivity contribution in [1.29, 1.82) is 0 Å². The molecule has 1 aliphatic rings. The standard InChI is InChI=1S/C27H46N7O17P3S/c1-5-6-15(2)26(39)55-10-9-29-17(35)7-8-30-24(38)21(37)27(3,4)12-48-54(45,46)51-53(43,44)47-11-16-20(50-52(40,41)42)19(36)25(49-16)34-14-33-18-22(28)31-13-32-23(18)34/h13-16,19-21,25,36-37H,5-12H2,1-4H3,(H,29,35)(H,30,38)(H,43,44)(H,45,46)(H2,28,31,32)(H2,40,41,42)/t15-,16-,19-,20-,21+,25-/m1/s1. The Kier molecular flexibility index (Phi) is 16.9. The number of hydrogen-bond donors (Lipinski definition) is 9. The Morgan fingerprint density at radius 2 is 1.75 bits per heavy atom. The maximum absolute atomic E-state index is 12.7. The molecule has 1 aliphatic heterocycles. The minimum atomic E-state index is -5.56. The van der Waals surface area contributed by atoms with Gasteiger partial charge in [-0.05, 0) is 6.42 Å². The molecule has 3 heterocycles. The lowest BCUT2D eigenvalue weighted by Crippen LogP contribution is -2.46. The summed E-state index contributed by atoms with van der Waals surface area (Å²) in [6, 6.07) is 0. The van der Waals surface area contributed by atoms with Gasteiger partial charge in [-0.2, -0.15) is 4.31 Å². The van der Waals surface area contributed by atoms with Gasteiger partial charge in [-0.1, -0.05) is 45.9 Å². The molecule has 0 radical (unpaired) electrons. The fourth-order valence-electron chi connectivity index (χ4n) is 4.97. The van der Waals surface area contributed by atoms with E-state index in [9.17, 15) is 57.9 Å². The van der Waals surface area contributed by atoms with Crippen LogP contribution in [0, 0.1) is 11.3 Å². The molecule has 8 atom stereocenters. The van der Waals surface area contributed by atoms with E-state index in [1.165, 1.54) is 13.8 Å². The number of nitrogens with zero attached hydrogens (tertiary/aromatic N) is 4. The van der Waals surface area contributed by atoms with Crippen molar-refractivity contribution in [3.05, 3.63) is 12.7 Å². The lowest BCUT2D eigenvalue weighted by atomic mass is 9.87. The number of phosphoric acid groups is 3. The molecule has 3 rings (SSSR count). The summed E-state index contributed by atoms with van der Waals surface area (Å²) in [7, 11) is -16.4. The van der Waals surface area contributed by atoms with Crippen LogP contribution in [0.4, 0.5) is 5.82 Å². The Bertz CT molecular complexity index is 1800. The van der Waals surface area contributed by atoms with Crippen LogP contribution >= 0.6 is 35.2 Å². The van der Waals surface area contributed by atoms with E-state index in [0.29, 0.717) is 5.75 Å². The number of anilines is 1. The van der Waals surface area contributed by atoms with Gasteiger partial charge in [-0.25, -0.2) is 28.6 Å². The number of hydrogen-bond acceptors (Lipinski definition) is 18. The van der Waals surface area contributed by atoms with Gasteiger partial charge in [0.2, 0.25) is 11.8 Å². The molecule has 0 aromatic carbocycles. The summed E-state index contributed by atoms with van der Waals surface area (Å²) in [5, 5.41) is 26.4. The average Bonchev–Trinajstić information content (AvgIpc) is 3.64. The average molecular weight is 866 g/mol. The molecule has 312 valence electrons. The van der Waals surface area contributed by atoms with Gasteiger partial charge in [0.05, 0.1) is 19.5 Å². The van der Waals surface area contributed by atoms with E-state index in [2.05, 4.69) is 34.4 Å². The smallest absolute Gasteiger partial charge is 0.386 e. The number of nitrogens with one attached hydrogen (secondary N) is 2. The maximum atomic E-state index is 12.7. The molecular formula is C27H46N7O17P3S. The van der Waals surface area contributed by atoms with Crippen molar-refractivity contribution in [3.8, 4) is 0 Å². The van der Waals surface area contributed by atoms with E-state index in [1.54, 1.807) is 0 Å². The third-order valence-corrected chi connectivity index (χ3v) is 12.1. The molecular weight excluding hydrogens is 819 g/mol. The number of aliphatic hydroxyl groups excluding tert-OH is 2. The molecule has 2 aromatic rings. The lowest BCUT2D eigenvalue weighted by molar-refractivity contribution is -0.137. The van der Waals surface area contributed by atoms with E-state index in [-0.39, 0.29) is 47.5 Å². The number of carbonyl (C=O) groups excluding carboxylic acids is 3. The predicted octanol–water partition coefficient (Wildman–Crippen LogP) is 0.101. The minimum absolute atomic E-state index is 0.0316. The van der Waals surface area contributed by atoms with Gasteiger partial charge in [-0.3, -0.25) is 32.5 Å². The van der Waals surface area contributed by atoms with Gasteiger partial charge in [0.1, 0.15) is 36.3 Å². The van der Waals surface area contributed by atoms with Gasteiger partial charge in [0.15, 0.2) is 22.8 Å². The molecule has 2 aromatic heterocycles. The van der Waals surface area contributed by atoms with Gasteiger partial charge in [-0.15, -0.1) is 0 Å². The number of ether oxygens (including phenoxy) is 1. The molecule has 1 fully saturated rings. The highest BCUT2D eigenvalue weighted by Gasteiger charge is 2.50. The van der Waals surface area contributed by atoms with Gasteiger partial charge in [0.25, 0.3) is 0 Å². The molecule has 10 N–H and O–H groups in total. The number of nitrogens with two attached hydrogens (primary N) is 1. The fourth-order valence-corrected chi connectivity index (χ4v) is 8.61. The number of amides is 2. The van der Waals surface area contributed by atoms with E-state index in [1.807, 2.05) is 13.8 Å². The first-order valence-electron chi connectivity index (χ1n) is 16.5. The molecule has 0 saturated carbocycles. The fraction of sp³-hybridized carbons (Fsp3) is 0.704. The zero-order chi connectivity index (χ0) is 41.4. The summed E-state index contributed by atoms with van der Waals surface area (Å²) in [5.74, 6) is -1.14. The van der Waals surface area contributed by atoms with Crippen LogP contribution in [0.25, 0.3) is 11.2 Å². The number of aliphatic hydroxyl groups is 2. The number of thioether (sulfide) groups is 1. The van der Waals surface area contributed by atoms with Crippen LogP contribution in [0.5, 0.6) is 0 Å². The normalized spacial score (nSPS) is 22.4. The maximum Gasteiger partial charge on any atom is 0.481 e. The highest BCUT2D eigenvalue weighted by Crippen LogP contribution is 2.61. The first kappa shape index (κ1) is 46.9. The van der Waals surface area contributed by atoms with Crippen molar-refractivity contribution < 1.29 is 80.5 Å². The lowest BCUT2D eigenvalue weighted by Gasteiger charge is -2.30. The quantitative estimate of drug-likeness (QED) is 0.0560. The SMILES string of the molecule is CCC[C@@H](C)C(=O)SCCNC(=O)CCNC(=O)[C@H](O)C(C)(C)COP(=O)(O)OP(=O)(O)OC[C@H]1O[C@@H](n2cnc3c(N)ncnc32)[C@H](O)[C@@H]1OP(=O)(O)O. The zero-order valence-corrected chi connectivity index (χ0v) is 33.6. The molecule has 55 heavy (non-hydrogen) atoms. The van der Waals surface area contributed by atoms with Gasteiger partial charge >= 0.3 is 23.5 Å². The monoisotopic (exact) mass is 865 g/mol. The van der Waals surface area contributed by atoms with Crippen molar-refractivity contribution in [2.24, 2.45) is 11.3 Å². The number of nitrogen functional groups attached to an aromatic ring is 1. The number of phosphoric ester groups is 3. The Hall–Kier alpha value is -2.44. The van der Waals surface area contributed by atoms with Gasteiger partial charge < -0.3 is 50.9 Å². The summed E-state index contributed by atoms with van der Waals surface area (Å²) in [6.07, 6.45) is -5.23. The first-order valence-corrected chi connectivity index (χ1v) is 22.0. The third kappa shape index (κ3) is 14.2. The van der Waals surface area contributed by atoms with Crippen molar-refractivity contribution in [2.45, 2.75) is 77.6 Å². The summed E-state index contributed by atoms with van der Waals surface area (Å²) in [5.41, 5.74) is 4.27. The molecule has 0 bridgehead atoms. The first-order chi connectivity index (χ1) is 25.5. The summed E-state index contributed by atoms with van der Waals surface area (Å²) in [4.78, 5) is 87.5. The summed E-state index contributed by atoms with van der Waals surface area (Å²) >= 11 is 1.12. The zero-order valence-electron chi connectivity index (χ0n) is 30.1. The molecule has 24 nitrogen and oxygen atoms in total. The van der Waals surface area contributed by atoms with Crippen molar-refractivity contribution in [2.75, 3.05) is 37.8 Å². The summed E-state index contributed by atoms with van der Waals surface area (Å²) < 4.78 is 62.1. The van der Waals surface area contributed by atoms with E-state index in [4.69, 9.17) is 19.5 Å². The second-order valence-corrected chi connectivity index (χ2v) is 18.3. The van der Waals surface area contributed by atoms with E-state index in [0.717, 1.165) is 41.8 Å². The van der Waals surface area contributed by atoms with Crippen LogP contribution in [0.15, 0.2) is 12.7 Å². The molecule has 28 heteroatoms. The number of fused-ring (bicyclic) bond motifs is 1. The molecule has 2 unspecified atom stereocenters. The Morgan fingerprint density at radius 3 is 2.40 bits per heavy atom. The van der Waals surface area contributed by atoms with E-state index < -0.39 is 84.6 Å². The predicted molar refractivity (Wildman–Crippen MR) is 191 cm³/mol. The highest BCUT2D eigenvalue weighted by atomic mass is 32.2. The van der Waals surface area contributed by atoms with Crippen LogP contribution in [-0.2, 0) is 50.7 Å². The van der Waals surface area contributed by atoms with Gasteiger partial charge in [0, 0.05) is 36.6 Å². The largest absolute Gasteiger partial charge is 0.481 e. The second-order valence-electron chi connectivity index (χ2n) is 12.9.